The molecule has 0 bridgehead atoms. The SMILES string of the molecule is O=C(NCCCO)Nc1cccc(CSCc2ccccc2)c1. The third-order valence-corrected chi connectivity index (χ3v) is 4.26. The van der Waals surface area contributed by atoms with E-state index in [1.54, 1.807) is 0 Å². The second kappa shape index (κ2) is 9.92. The molecule has 23 heavy (non-hydrogen) atoms. The molecule has 2 amide bonds. The zero-order chi connectivity index (χ0) is 16.3. The first kappa shape index (κ1) is 17.4. The van der Waals surface area contributed by atoms with Gasteiger partial charge in [0, 0.05) is 30.3 Å². The van der Waals surface area contributed by atoms with Gasteiger partial charge in [0.15, 0.2) is 0 Å². The molecule has 0 radical (unpaired) electrons. The molecule has 0 saturated heterocycles. The lowest BCUT2D eigenvalue weighted by Crippen LogP contribution is -2.29. The monoisotopic (exact) mass is 330 g/mol. The molecule has 3 N–H and O–H groups in total. The summed E-state index contributed by atoms with van der Waals surface area (Å²) in [6.07, 6.45) is 0.559. The molecule has 0 aliphatic carbocycles. The normalized spacial score (nSPS) is 10.3. The average Bonchev–Trinajstić information content (AvgIpc) is 2.56. The Morgan fingerprint density at radius 1 is 1.00 bits per heavy atom. The molecule has 4 nitrogen and oxygen atoms in total. The van der Waals surface area contributed by atoms with Crippen LogP contribution >= 0.6 is 11.8 Å². The van der Waals surface area contributed by atoms with Gasteiger partial charge < -0.3 is 15.7 Å². The molecule has 5 heteroatoms. The van der Waals surface area contributed by atoms with Crippen molar-refractivity contribution in [3.63, 3.8) is 0 Å². The second-order valence-electron chi connectivity index (χ2n) is 5.14. The van der Waals surface area contributed by atoms with Gasteiger partial charge in [0.05, 0.1) is 0 Å². The lowest BCUT2D eigenvalue weighted by molar-refractivity contribution is 0.249. The van der Waals surface area contributed by atoms with E-state index in [0.29, 0.717) is 13.0 Å². The third-order valence-electron chi connectivity index (χ3n) is 3.19. The topological polar surface area (TPSA) is 61.4 Å². The molecule has 2 rings (SSSR count). The van der Waals surface area contributed by atoms with Crippen LogP contribution in [0.3, 0.4) is 0 Å². The summed E-state index contributed by atoms with van der Waals surface area (Å²) in [5.41, 5.74) is 3.28. The van der Waals surface area contributed by atoms with Crippen molar-refractivity contribution in [3.05, 3.63) is 65.7 Å². The molecule has 0 aromatic heterocycles. The lowest BCUT2D eigenvalue weighted by Gasteiger charge is -2.09. The minimum Gasteiger partial charge on any atom is -0.396 e. The lowest BCUT2D eigenvalue weighted by atomic mass is 10.2. The number of benzene rings is 2. The second-order valence-corrected chi connectivity index (χ2v) is 6.12. The highest BCUT2D eigenvalue weighted by molar-refractivity contribution is 7.97. The number of carbonyl (C=O) groups is 1. The number of aliphatic hydroxyl groups is 1. The summed E-state index contributed by atoms with van der Waals surface area (Å²) in [6.45, 7) is 0.545. The Labute approximate surface area is 141 Å². The van der Waals surface area contributed by atoms with Gasteiger partial charge in [-0.2, -0.15) is 11.8 Å². The summed E-state index contributed by atoms with van der Waals surface area (Å²) in [5.74, 6) is 1.87. The van der Waals surface area contributed by atoms with Gasteiger partial charge in [-0.15, -0.1) is 0 Å². The largest absolute Gasteiger partial charge is 0.396 e. The molecular formula is C18H22N2O2S. The van der Waals surface area contributed by atoms with E-state index < -0.39 is 0 Å². The van der Waals surface area contributed by atoms with Gasteiger partial charge in [-0.3, -0.25) is 0 Å². The fourth-order valence-corrected chi connectivity index (χ4v) is 3.00. The zero-order valence-corrected chi connectivity index (χ0v) is 13.8. The Kier molecular flexibility index (Phi) is 7.49. The molecule has 0 heterocycles. The van der Waals surface area contributed by atoms with E-state index in [1.807, 2.05) is 36.0 Å². The number of aliphatic hydroxyl groups excluding tert-OH is 1. The van der Waals surface area contributed by atoms with E-state index in [9.17, 15) is 4.79 Å². The Morgan fingerprint density at radius 2 is 1.74 bits per heavy atom. The van der Waals surface area contributed by atoms with Crippen molar-refractivity contribution in [1.82, 2.24) is 5.32 Å². The van der Waals surface area contributed by atoms with Crippen molar-refractivity contribution in [2.24, 2.45) is 0 Å². The van der Waals surface area contributed by atoms with Gasteiger partial charge in [0.2, 0.25) is 0 Å². The van der Waals surface area contributed by atoms with Crippen LogP contribution in [-0.4, -0.2) is 24.3 Å². The Hall–Kier alpha value is -1.98. The van der Waals surface area contributed by atoms with Crippen molar-refractivity contribution < 1.29 is 9.90 Å². The Bertz CT molecular complexity index is 605. The van der Waals surface area contributed by atoms with Crippen LogP contribution in [0.2, 0.25) is 0 Å². The van der Waals surface area contributed by atoms with E-state index in [0.717, 1.165) is 17.2 Å². The standard InChI is InChI=1S/C18H22N2O2S/c21-11-5-10-19-18(22)20-17-9-4-8-16(12-17)14-23-13-15-6-2-1-3-7-15/h1-4,6-9,12,21H,5,10-11,13-14H2,(H2,19,20,22). The third kappa shape index (κ3) is 6.76. The number of anilines is 1. The van der Waals surface area contributed by atoms with Crippen LogP contribution in [0.1, 0.15) is 17.5 Å². The maximum absolute atomic E-state index is 11.7. The molecule has 0 fully saturated rings. The minimum atomic E-state index is -0.243. The first-order valence-electron chi connectivity index (χ1n) is 7.64. The zero-order valence-electron chi connectivity index (χ0n) is 13.0. The number of thioether (sulfide) groups is 1. The van der Waals surface area contributed by atoms with Crippen molar-refractivity contribution in [2.75, 3.05) is 18.5 Å². The van der Waals surface area contributed by atoms with Crippen LogP contribution in [0.5, 0.6) is 0 Å². The van der Waals surface area contributed by atoms with Crippen LogP contribution in [0.15, 0.2) is 54.6 Å². The van der Waals surface area contributed by atoms with E-state index in [1.165, 1.54) is 11.1 Å². The summed E-state index contributed by atoms with van der Waals surface area (Å²) in [7, 11) is 0. The molecule has 2 aromatic rings. The number of hydrogen-bond acceptors (Lipinski definition) is 3. The molecule has 2 aromatic carbocycles. The van der Waals surface area contributed by atoms with Crippen molar-refractivity contribution in [3.8, 4) is 0 Å². The number of urea groups is 1. The quantitative estimate of drug-likeness (QED) is 0.648. The van der Waals surface area contributed by atoms with Crippen molar-refractivity contribution in [2.45, 2.75) is 17.9 Å². The number of carbonyl (C=O) groups excluding carboxylic acids is 1. The summed E-state index contributed by atoms with van der Waals surface area (Å²) >= 11 is 1.85. The molecular weight excluding hydrogens is 308 g/mol. The van der Waals surface area contributed by atoms with Crippen LogP contribution < -0.4 is 10.6 Å². The Balaban J connectivity index is 1.78. The fraction of sp³-hybridized carbons (Fsp3) is 0.278. The van der Waals surface area contributed by atoms with Crippen molar-refractivity contribution >= 4 is 23.5 Å². The van der Waals surface area contributed by atoms with Gasteiger partial charge >= 0.3 is 6.03 Å². The van der Waals surface area contributed by atoms with Crippen molar-refractivity contribution in [1.29, 1.82) is 0 Å². The molecule has 0 atom stereocenters. The molecule has 122 valence electrons. The predicted molar refractivity (Wildman–Crippen MR) is 96.6 cm³/mol. The van der Waals surface area contributed by atoms with Crippen LogP contribution in [-0.2, 0) is 11.5 Å². The van der Waals surface area contributed by atoms with Crippen LogP contribution in [0.25, 0.3) is 0 Å². The fourth-order valence-electron chi connectivity index (χ4n) is 2.06. The number of hydrogen-bond donors (Lipinski definition) is 3. The molecule has 0 aliphatic heterocycles. The van der Waals surface area contributed by atoms with Gasteiger partial charge in [-0.05, 0) is 29.7 Å². The molecule has 0 saturated carbocycles. The van der Waals surface area contributed by atoms with E-state index >= 15 is 0 Å². The van der Waals surface area contributed by atoms with E-state index in [4.69, 9.17) is 5.11 Å². The van der Waals surface area contributed by atoms with Crippen LogP contribution in [0.4, 0.5) is 10.5 Å². The summed E-state index contributed by atoms with van der Waals surface area (Å²) in [6, 6.07) is 18.0. The minimum absolute atomic E-state index is 0.0778. The smallest absolute Gasteiger partial charge is 0.319 e. The first-order chi connectivity index (χ1) is 11.3. The molecule has 0 unspecified atom stereocenters. The summed E-state index contributed by atoms with van der Waals surface area (Å²) in [5, 5.41) is 14.2. The maximum atomic E-state index is 11.7. The van der Waals surface area contributed by atoms with E-state index in [-0.39, 0.29) is 12.6 Å². The summed E-state index contributed by atoms with van der Waals surface area (Å²) in [4.78, 5) is 11.7. The molecule has 0 spiro atoms. The maximum Gasteiger partial charge on any atom is 0.319 e. The predicted octanol–water partition coefficient (Wildman–Crippen LogP) is 3.62. The van der Waals surface area contributed by atoms with Gasteiger partial charge in [0.25, 0.3) is 0 Å². The van der Waals surface area contributed by atoms with Crippen LogP contribution in [0, 0.1) is 0 Å². The average molecular weight is 330 g/mol. The number of nitrogens with one attached hydrogen (secondary N) is 2. The highest BCUT2D eigenvalue weighted by atomic mass is 32.2. The van der Waals surface area contributed by atoms with Gasteiger partial charge in [-0.1, -0.05) is 42.5 Å². The molecule has 0 aliphatic rings. The first-order valence-corrected chi connectivity index (χ1v) is 8.80. The van der Waals surface area contributed by atoms with E-state index in [2.05, 4.69) is 41.0 Å². The highest BCUT2D eigenvalue weighted by Crippen LogP contribution is 2.20. The van der Waals surface area contributed by atoms with Gasteiger partial charge in [-0.25, -0.2) is 4.79 Å². The highest BCUT2D eigenvalue weighted by Gasteiger charge is 2.02. The summed E-state index contributed by atoms with van der Waals surface area (Å²) < 4.78 is 0. The number of amides is 2. The Morgan fingerprint density at radius 3 is 2.52 bits per heavy atom. The van der Waals surface area contributed by atoms with Gasteiger partial charge in [0.1, 0.15) is 0 Å². The number of rotatable bonds is 8.